The van der Waals surface area contributed by atoms with Gasteiger partial charge in [0.25, 0.3) is 6.01 Å². The molecule has 0 amide bonds. The summed E-state index contributed by atoms with van der Waals surface area (Å²) in [4.78, 5) is 12.9. The number of halogens is 1. The Kier molecular flexibility index (Phi) is 4.54. The van der Waals surface area contributed by atoms with Crippen LogP contribution in [0, 0.1) is 5.82 Å². The van der Waals surface area contributed by atoms with E-state index in [1.165, 1.54) is 18.5 Å². The first kappa shape index (κ1) is 21.4. The molecule has 7 rings (SSSR count). The third-order valence-electron chi connectivity index (χ3n) is 6.38. The summed E-state index contributed by atoms with van der Waals surface area (Å²) >= 11 is 1.55. The van der Waals surface area contributed by atoms with Crippen LogP contribution in [0.3, 0.4) is 0 Å². The zero-order valence-electron chi connectivity index (χ0n) is 19.3. The van der Waals surface area contributed by atoms with Gasteiger partial charge in [0.1, 0.15) is 29.2 Å². The topological polar surface area (TPSA) is 139 Å². The highest BCUT2D eigenvalue weighted by Gasteiger charge is 2.25. The van der Waals surface area contributed by atoms with Crippen LogP contribution in [0.4, 0.5) is 16.2 Å². The van der Waals surface area contributed by atoms with Crippen LogP contribution >= 0.6 is 11.3 Å². The van der Waals surface area contributed by atoms with Crippen molar-refractivity contribution in [2.24, 2.45) is 0 Å². The molecule has 182 valence electrons. The van der Waals surface area contributed by atoms with Gasteiger partial charge < -0.3 is 15.9 Å². The van der Waals surface area contributed by atoms with E-state index >= 15 is 0 Å². The van der Waals surface area contributed by atoms with E-state index in [9.17, 15) is 4.39 Å². The third kappa shape index (κ3) is 3.26. The van der Waals surface area contributed by atoms with Crippen LogP contribution in [0.2, 0.25) is 0 Å². The second kappa shape index (κ2) is 7.83. The van der Waals surface area contributed by atoms with E-state index < -0.39 is 0 Å². The molecule has 1 unspecified atom stereocenters. The highest BCUT2D eigenvalue weighted by Crippen LogP contribution is 2.36. The van der Waals surface area contributed by atoms with Crippen molar-refractivity contribution in [2.45, 2.75) is 13.0 Å². The lowest BCUT2D eigenvalue weighted by molar-refractivity contribution is 0.564. The number of nitrogen functional groups attached to an aromatic ring is 2. The summed E-state index contributed by atoms with van der Waals surface area (Å²) in [6.07, 6.45) is 1.41. The predicted octanol–water partition coefficient (Wildman–Crippen LogP) is 4.95. The molecule has 2 aromatic carbocycles. The molecule has 0 saturated heterocycles. The van der Waals surface area contributed by atoms with Crippen LogP contribution in [-0.4, -0.2) is 34.5 Å². The van der Waals surface area contributed by atoms with Crippen LogP contribution < -0.4 is 11.5 Å². The molecule has 0 fully saturated rings. The summed E-state index contributed by atoms with van der Waals surface area (Å²) in [5.74, 6) is -0.0340. The summed E-state index contributed by atoms with van der Waals surface area (Å²) in [6, 6.07) is 11.8. The summed E-state index contributed by atoms with van der Waals surface area (Å²) in [5, 5.41) is 15.2. The second-order valence-electron chi connectivity index (χ2n) is 8.60. The second-order valence-corrected chi connectivity index (χ2v) is 9.38. The van der Waals surface area contributed by atoms with Gasteiger partial charge in [-0.2, -0.15) is 26.5 Å². The zero-order chi connectivity index (χ0) is 25.3. The number of fused-ring (bicyclic) bond motifs is 3. The molecule has 12 heteroatoms. The van der Waals surface area contributed by atoms with Gasteiger partial charge in [-0.3, -0.25) is 0 Å². The number of nitrogens with two attached hydrogens (primary N) is 2. The van der Waals surface area contributed by atoms with Gasteiger partial charge in [0.2, 0.25) is 0 Å². The molecule has 0 aliphatic rings. The predicted molar refractivity (Wildman–Crippen MR) is 140 cm³/mol. The fourth-order valence-corrected chi connectivity index (χ4v) is 5.29. The van der Waals surface area contributed by atoms with E-state index in [1.54, 1.807) is 32.8 Å². The van der Waals surface area contributed by atoms with Gasteiger partial charge in [-0.15, -0.1) is 0 Å². The van der Waals surface area contributed by atoms with Crippen LogP contribution in [0.15, 0.2) is 64.0 Å². The summed E-state index contributed by atoms with van der Waals surface area (Å²) in [5.41, 5.74) is 17.4. The minimum Gasteiger partial charge on any atom is -0.424 e. The monoisotopic (exact) mass is 511 g/mol. The first-order valence-corrected chi connectivity index (χ1v) is 12.3. The Morgan fingerprint density at radius 3 is 2.78 bits per heavy atom. The molecule has 5 heterocycles. The Morgan fingerprint density at radius 2 is 1.95 bits per heavy atom. The van der Waals surface area contributed by atoms with Crippen molar-refractivity contribution in [3.63, 3.8) is 0 Å². The normalized spacial score (nSPS) is 12.7. The number of thiophene rings is 1. The lowest BCUT2D eigenvalue weighted by atomic mass is 10.1. The van der Waals surface area contributed by atoms with Crippen LogP contribution in [-0.2, 0) is 0 Å². The molecule has 0 aliphatic heterocycles. The maximum atomic E-state index is 14.2. The van der Waals surface area contributed by atoms with Crippen molar-refractivity contribution in [2.75, 3.05) is 11.5 Å². The molecule has 0 saturated carbocycles. The Labute approximate surface area is 212 Å². The maximum absolute atomic E-state index is 14.2. The van der Waals surface area contributed by atoms with Crippen molar-refractivity contribution in [1.82, 2.24) is 34.5 Å². The minimum atomic E-state index is -0.371. The van der Waals surface area contributed by atoms with E-state index in [0.717, 1.165) is 16.6 Å². The smallest absolute Gasteiger partial charge is 0.292 e. The lowest BCUT2D eigenvalue weighted by Crippen LogP contribution is -2.11. The molecule has 10 nitrogen and oxygen atoms in total. The van der Waals surface area contributed by atoms with Gasteiger partial charge in [0.05, 0.1) is 28.3 Å². The molecule has 7 aromatic rings. The van der Waals surface area contributed by atoms with E-state index in [1.807, 2.05) is 35.9 Å². The highest BCUT2D eigenvalue weighted by molar-refractivity contribution is 7.08. The Morgan fingerprint density at radius 1 is 1.05 bits per heavy atom. The molecular weight excluding hydrogens is 493 g/mol. The molecule has 5 aromatic heterocycles. The standard InChI is InChI=1S/C25H18FN9OS/c1-12(21-16-4-3-14(26)9-18(16)35(32-21)15-6-7-37-10-15)34-24-20(23(27)29-11-30-24)22(33-34)13-2-5-19-17(8-13)31-25(28)36-19/h2-12H,1H3,(H2,28,31)(H2,27,29,30). The van der Waals surface area contributed by atoms with Crippen LogP contribution in [0.25, 0.3) is 50.0 Å². The molecule has 37 heavy (non-hydrogen) atoms. The number of nitrogens with zero attached hydrogens (tertiary/aromatic N) is 7. The van der Waals surface area contributed by atoms with Crippen molar-refractivity contribution in [1.29, 1.82) is 0 Å². The molecule has 0 aliphatic carbocycles. The number of anilines is 2. The number of oxazole rings is 1. The first-order chi connectivity index (χ1) is 18.0. The molecule has 4 N–H and O–H groups in total. The largest absolute Gasteiger partial charge is 0.424 e. The fourth-order valence-electron chi connectivity index (χ4n) is 4.67. The molecule has 0 radical (unpaired) electrons. The number of hydrogen-bond acceptors (Lipinski definition) is 9. The Hall–Kier alpha value is -4.84. The Bertz CT molecular complexity index is 1950. The number of rotatable bonds is 4. The molecule has 0 spiro atoms. The summed E-state index contributed by atoms with van der Waals surface area (Å²) < 4.78 is 23.2. The number of benzene rings is 2. The summed E-state index contributed by atoms with van der Waals surface area (Å²) in [6.45, 7) is 1.97. The molecule has 1 atom stereocenters. The highest BCUT2D eigenvalue weighted by atomic mass is 32.1. The maximum Gasteiger partial charge on any atom is 0.292 e. The van der Waals surface area contributed by atoms with Gasteiger partial charge in [0, 0.05) is 22.4 Å². The van der Waals surface area contributed by atoms with Gasteiger partial charge in [-0.05, 0) is 48.7 Å². The molecular formula is C25H18FN9OS. The zero-order valence-corrected chi connectivity index (χ0v) is 20.1. The average Bonchev–Trinajstić information content (AvgIpc) is 3.67. The Balaban J connectivity index is 1.45. The lowest BCUT2D eigenvalue weighted by Gasteiger charge is -2.11. The third-order valence-corrected chi connectivity index (χ3v) is 7.05. The van der Waals surface area contributed by atoms with E-state index in [0.29, 0.717) is 44.9 Å². The summed E-state index contributed by atoms with van der Waals surface area (Å²) in [7, 11) is 0. The molecule has 0 bridgehead atoms. The van der Waals surface area contributed by atoms with E-state index in [-0.39, 0.29) is 17.9 Å². The van der Waals surface area contributed by atoms with Gasteiger partial charge in [0.15, 0.2) is 11.2 Å². The van der Waals surface area contributed by atoms with Crippen molar-refractivity contribution >= 4 is 56.2 Å². The van der Waals surface area contributed by atoms with E-state index in [4.69, 9.17) is 26.1 Å². The SMILES string of the molecule is CC(c1nn(-c2ccsc2)c2cc(F)ccc12)n1nc(-c2ccc3oc(N)nc3c2)c2c(N)ncnc21. The van der Waals surface area contributed by atoms with Crippen molar-refractivity contribution in [3.05, 3.63) is 71.1 Å². The van der Waals surface area contributed by atoms with Crippen molar-refractivity contribution in [3.8, 4) is 16.9 Å². The van der Waals surface area contributed by atoms with Gasteiger partial charge >= 0.3 is 0 Å². The quantitative estimate of drug-likeness (QED) is 0.338. The van der Waals surface area contributed by atoms with Crippen LogP contribution in [0.5, 0.6) is 0 Å². The van der Waals surface area contributed by atoms with Crippen LogP contribution in [0.1, 0.15) is 18.7 Å². The first-order valence-electron chi connectivity index (χ1n) is 11.3. The average molecular weight is 512 g/mol. The number of hydrogen-bond donors (Lipinski definition) is 2. The van der Waals surface area contributed by atoms with E-state index in [2.05, 4.69) is 15.0 Å². The fraction of sp³-hybridized carbons (Fsp3) is 0.0800. The van der Waals surface area contributed by atoms with Gasteiger partial charge in [-0.25, -0.2) is 23.7 Å². The number of aromatic nitrogens is 7. The van der Waals surface area contributed by atoms with Gasteiger partial charge in [-0.1, -0.05) is 0 Å². The minimum absolute atomic E-state index is 0.0866. The van der Waals surface area contributed by atoms with Crippen molar-refractivity contribution < 1.29 is 8.81 Å².